The number of halogens is 4. The predicted octanol–water partition coefficient (Wildman–Crippen LogP) is 1.94. The Kier molecular flexibility index (Phi) is 4.34. The molecule has 0 radical (unpaired) electrons. The molecule has 1 rings (SSSR count). The Bertz CT molecular complexity index is 364. The molecule has 0 aliphatic carbocycles. The minimum atomic E-state index is -4.51. The number of amides is 1. The quantitative estimate of drug-likeness (QED) is 0.659. The first-order valence-corrected chi connectivity index (χ1v) is 5.54. The van der Waals surface area contributed by atoms with Crippen molar-refractivity contribution in [2.24, 2.45) is 0 Å². The zero-order chi connectivity index (χ0) is 12.2. The number of rotatable bonds is 4. The van der Waals surface area contributed by atoms with Crippen LogP contribution in [0.4, 0.5) is 13.2 Å². The van der Waals surface area contributed by atoms with E-state index in [-0.39, 0.29) is 5.69 Å². The van der Waals surface area contributed by atoms with Gasteiger partial charge in [0.1, 0.15) is 5.69 Å². The van der Waals surface area contributed by atoms with E-state index < -0.39 is 17.8 Å². The highest BCUT2D eigenvalue weighted by Gasteiger charge is 2.33. The van der Waals surface area contributed by atoms with Gasteiger partial charge in [-0.05, 0) is 6.42 Å². The van der Waals surface area contributed by atoms with E-state index in [2.05, 4.69) is 26.3 Å². The van der Waals surface area contributed by atoms with Gasteiger partial charge in [0.15, 0.2) is 5.69 Å². The van der Waals surface area contributed by atoms with Crippen LogP contribution in [0.5, 0.6) is 0 Å². The van der Waals surface area contributed by atoms with Crippen LogP contribution in [-0.4, -0.2) is 28.0 Å². The number of hydrogen-bond acceptors (Lipinski definition) is 2. The molecule has 1 aromatic heterocycles. The Labute approximate surface area is 97.7 Å². The molecule has 0 saturated heterocycles. The van der Waals surface area contributed by atoms with Crippen LogP contribution in [0.3, 0.4) is 0 Å². The number of alkyl halides is 4. The smallest absolute Gasteiger partial charge is 0.351 e. The second-order valence-electron chi connectivity index (χ2n) is 2.96. The van der Waals surface area contributed by atoms with Crippen molar-refractivity contribution in [2.75, 3.05) is 11.9 Å². The lowest BCUT2D eigenvalue weighted by molar-refractivity contribution is -0.141. The van der Waals surface area contributed by atoms with E-state index in [1.165, 1.54) is 0 Å². The summed E-state index contributed by atoms with van der Waals surface area (Å²) in [5.74, 6) is -0.618. The number of carbonyl (C=O) groups is 1. The molecule has 0 aliphatic heterocycles. The predicted molar refractivity (Wildman–Crippen MR) is 54.3 cm³/mol. The van der Waals surface area contributed by atoms with E-state index in [9.17, 15) is 18.0 Å². The van der Waals surface area contributed by atoms with Gasteiger partial charge in [-0.1, -0.05) is 15.9 Å². The molecule has 1 amide bonds. The number of aromatic amines is 1. The van der Waals surface area contributed by atoms with Crippen LogP contribution in [0.1, 0.15) is 22.6 Å². The molecule has 0 fully saturated rings. The maximum Gasteiger partial charge on any atom is 0.432 e. The molecule has 0 spiro atoms. The van der Waals surface area contributed by atoms with Crippen molar-refractivity contribution in [3.8, 4) is 0 Å². The Hall–Kier alpha value is -1.05. The van der Waals surface area contributed by atoms with Gasteiger partial charge in [-0.15, -0.1) is 0 Å². The zero-order valence-corrected chi connectivity index (χ0v) is 9.65. The van der Waals surface area contributed by atoms with Crippen LogP contribution >= 0.6 is 15.9 Å². The van der Waals surface area contributed by atoms with Crippen LogP contribution in [0.2, 0.25) is 0 Å². The lowest BCUT2D eigenvalue weighted by Gasteiger charge is -2.00. The summed E-state index contributed by atoms with van der Waals surface area (Å²) in [6.45, 7) is 0.387. The maximum atomic E-state index is 12.2. The highest BCUT2D eigenvalue weighted by Crippen LogP contribution is 2.27. The third-order valence-corrected chi connectivity index (χ3v) is 2.27. The van der Waals surface area contributed by atoms with E-state index >= 15 is 0 Å². The van der Waals surface area contributed by atoms with Gasteiger partial charge >= 0.3 is 6.18 Å². The number of nitrogens with zero attached hydrogens (tertiary/aromatic N) is 1. The van der Waals surface area contributed by atoms with Crippen molar-refractivity contribution in [3.05, 3.63) is 17.5 Å². The third-order valence-electron chi connectivity index (χ3n) is 1.71. The van der Waals surface area contributed by atoms with Gasteiger partial charge in [-0.2, -0.15) is 18.3 Å². The van der Waals surface area contributed by atoms with E-state index in [0.29, 0.717) is 24.4 Å². The molecule has 1 aromatic rings. The van der Waals surface area contributed by atoms with E-state index in [1.807, 2.05) is 0 Å². The largest absolute Gasteiger partial charge is 0.432 e. The molecule has 8 heteroatoms. The first-order chi connectivity index (χ1) is 7.45. The summed E-state index contributed by atoms with van der Waals surface area (Å²) >= 11 is 3.16. The Morgan fingerprint density at radius 1 is 1.56 bits per heavy atom. The van der Waals surface area contributed by atoms with E-state index in [0.717, 1.165) is 0 Å². The van der Waals surface area contributed by atoms with Crippen molar-refractivity contribution >= 4 is 21.8 Å². The van der Waals surface area contributed by atoms with Crippen molar-refractivity contribution in [1.29, 1.82) is 0 Å². The fourth-order valence-corrected chi connectivity index (χ4v) is 1.22. The minimum Gasteiger partial charge on any atom is -0.351 e. The van der Waals surface area contributed by atoms with Gasteiger partial charge in [-0.3, -0.25) is 9.89 Å². The van der Waals surface area contributed by atoms with Crippen molar-refractivity contribution in [1.82, 2.24) is 15.5 Å². The van der Waals surface area contributed by atoms with Gasteiger partial charge in [-0.25, -0.2) is 0 Å². The number of aromatic nitrogens is 2. The number of hydrogen-bond donors (Lipinski definition) is 2. The summed E-state index contributed by atoms with van der Waals surface area (Å²) in [5.41, 5.74) is -1.29. The fourth-order valence-electron chi connectivity index (χ4n) is 0.943. The standard InChI is InChI=1S/C8H9BrF3N3O/c9-2-1-3-13-7(16)5-4-6(15-14-5)8(10,11)12/h4H,1-3H2,(H,13,16)(H,14,15). The Morgan fingerprint density at radius 3 is 2.75 bits per heavy atom. The van der Waals surface area contributed by atoms with Crippen molar-refractivity contribution < 1.29 is 18.0 Å². The molecule has 0 aromatic carbocycles. The average molecular weight is 300 g/mol. The highest BCUT2D eigenvalue weighted by molar-refractivity contribution is 9.09. The van der Waals surface area contributed by atoms with E-state index in [4.69, 9.17) is 0 Å². The molecule has 0 bridgehead atoms. The summed E-state index contributed by atoms with van der Waals surface area (Å²) in [4.78, 5) is 11.3. The topological polar surface area (TPSA) is 57.8 Å². The molecule has 0 atom stereocenters. The third kappa shape index (κ3) is 3.51. The van der Waals surface area contributed by atoms with Gasteiger partial charge in [0.2, 0.25) is 0 Å². The van der Waals surface area contributed by atoms with Crippen LogP contribution in [0, 0.1) is 0 Å². The maximum absolute atomic E-state index is 12.2. The van der Waals surface area contributed by atoms with Gasteiger partial charge in [0.25, 0.3) is 5.91 Å². The summed E-state index contributed by atoms with van der Waals surface area (Å²) in [6, 6.07) is 0.684. The van der Waals surface area contributed by atoms with Crippen molar-refractivity contribution in [2.45, 2.75) is 12.6 Å². The van der Waals surface area contributed by atoms with Gasteiger partial charge in [0.05, 0.1) is 0 Å². The second-order valence-corrected chi connectivity index (χ2v) is 3.76. The summed E-state index contributed by atoms with van der Waals surface area (Å²) in [6.07, 6.45) is -3.82. The first kappa shape index (κ1) is 13.0. The van der Waals surface area contributed by atoms with Gasteiger partial charge < -0.3 is 5.32 Å². The zero-order valence-electron chi connectivity index (χ0n) is 8.07. The average Bonchev–Trinajstić information content (AvgIpc) is 2.66. The summed E-state index contributed by atoms with van der Waals surface area (Å²) in [7, 11) is 0. The lowest BCUT2D eigenvalue weighted by atomic mass is 10.3. The van der Waals surface area contributed by atoms with E-state index in [1.54, 1.807) is 5.10 Å². The fraction of sp³-hybridized carbons (Fsp3) is 0.500. The highest BCUT2D eigenvalue weighted by atomic mass is 79.9. The second kappa shape index (κ2) is 5.33. The van der Waals surface area contributed by atoms with Gasteiger partial charge in [0, 0.05) is 17.9 Å². The monoisotopic (exact) mass is 299 g/mol. The Morgan fingerprint density at radius 2 is 2.25 bits per heavy atom. The molecule has 0 saturated carbocycles. The molecule has 2 N–H and O–H groups in total. The molecular formula is C8H9BrF3N3O. The number of H-pyrrole nitrogens is 1. The molecule has 0 aliphatic rings. The molecule has 90 valence electrons. The Balaban J connectivity index is 2.60. The summed E-state index contributed by atoms with van der Waals surface area (Å²) in [5, 5.41) is 8.22. The lowest BCUT2D eigenvalue weighted by Crippen LogP contribution is -2.24. The van der Waals surface area contributed by atoms with Crippen molar-refractivity contribution in [3.63, 3.8) is 0 Å². The van der Waals surface area contributed by atoms with Crippen LogP contribution in [0.15, 0.2) is 6.07 Å². The normalized spacial score (nSPS) is 11.5. The summed E-state index contributed by atoms with van der Waals surface area (Å²) < 4.78 is 36.5. The van der Waals surface area contributed by atoms with Crippen LogP contribution < -0.4 is 5.32 Å². The number of carbonyl (C=O) groups excluding carboxylic acids is 1. The molecule has 16 heavy (non-hydrogen) atoms. The molecule has 1 heterocycles. The minimum absolute atomic E-state index is 0.262. The number of nitrogens with one attached hydrogen (secondary N) is 2. The van der Waals surface area contributed by atoms with Crippen LogP contribution in [0.25, 0.3) is 0 Å². The first-order valence-electron chi connectivity index (χ1n) is 4.42. The molecule has 0 unspecified atom stereocenters. The SMILES string of the molecule is O=C(NCCCBr)c1cc(C(F)(F)F)[nH]n1. The molecule has 4 nitrogen and oxygen atoms in total. The molecular weight excluding hydrogens is 291 g/mol. The van der Waals surface area contributed by atoms with Crippen LogP contribution in [-0.2, 0) is 6.18 Å².